The van der Waals surface area contributed by atoms with E-state index in [2.05, 4.69) is 21.2 Å². The molecule has 6 nitrogen and oxygen atoms in total. The number of pyridine rings is 1. The predicted octanol–water partition coefficient (Wildman–Crippen LogP) is 5.29. The first kappa shape index (κ1) is 21.7. The molecule has 0 spiro atoms. The number of benzene rings is 2. The van der Waals surface area contributed by atoms with Crippen molar-refractivity contribution >= 4 is 28.3 Å². The first-order valence-electron chi connectivity index (χ1n) is 8.40. The van der Waals surface area contributed by atoms with Crippen LogP contribution in [-0.2, 0) is 12.4 Å². The van der Waals surface area contributed by atoms with Crippen molar-refractivity contribution in [3.8, 4) is 6.07 Å². The summed E-state index contributed by atoms with van der Waals surface area (Å²) in [7, 11) is 0. The predicted molar refractivity (Wildman–Crippen MR) is 98.7 cm³/mol. The van der Waals surface area contributed by atoms with Gasteiger partial charge in [-0.15, -0.1) is 0 Å². The average Bonchev–Trinajstić information content (AvgIpc) is 2.70. The highest BCUT2D eigenvalue weighted by molar-refractivity contribution is 5.96. The largest absolute Gasteiger partial charge is 0.433 e. The molecule has 0 radical (unpaired) electrons. The molecule has 0 saturated carbocycles. The standard InChI is InChI=1S/C19H11F6N5O/c20-18(21,22)13-6-2-5-12-14(8-15(19(23,24)25)28-16(12)13)29-30-17(31)27-11-4-1-3-10(7-11)9-26/h1-8H,(H,28,29)(H2,27,30,31). The zero-order valence-electron chi connectivity index (χ0n) is 15.2. The number of aromatic nitrogens is 1. The van der Waals surface area contributed by atoms with Crippen LogP contribution in [0, 0.1) is 11.3 Å². The second-order valence-electron chi connectivity index (χ2n) is 6.15. The number of nitrogens with zero attached hydrogens (tertiary/aromatic N) is 2. The van der Waals surface area contributed by atoms with Crippen molar-refractivity contribution in [2.24, 2.45) is 0 Å². The van der Waals surface area contributed by atoms with Crippen LogP contribution in [0.4, 0.5) is 42.5 Å². The van der Waals surface area contributed by atoms with Crippen molar-refractivity contribution in [2.45, 2.75) is 12.4 Å². The molecule has 1 aromatic heterocycles. The summed E-state index contributed by atoms with van der Waals surface area (Å²) in [4.78, 5) is 15.2. The number of hydrogen-bond acceptors (Lipinski definition) is 4. The monoisotopic (exact) mass is 439 g/mol. The first-order chi connectivity index (χ1) is 14.5. The highest BCUT2D eigenvalue weighted by Crippen LogP contribution is 2.38. The van der Waals surface area contributed by atoms with Crippen LogP contribution in [0.2, 0.25) is 0 Å². The van der Waals surface area contributed by atoms with Crippen LogP contribution < -0.4 is 16.2 Å². The molecule has 3 aromatic rings. The number of alkyl halides is 6. The number of carbonyl (C=O) groups is 1. The van der Waals surface area contributed by atoms with Gasteiger partial charge in [-0.1, -0.05) is 18.2 Å². The maximum absolute atomic E-state index is 13.3. The first-order valence-corrected chi connectivity index (χ1v) is 8.40. The summed E-state index contributed by atoms with van der Waals surface area (Å²) in [6.07, 6.45) is -9.96. The quantitative estimate of drug-likeness (QED) is 0.382. The SMILES string of the molecule is N#Cc1cccc(NC(=O)NNc2cc(C(F)(F)F)nc3c(C(F)(F)F)cccc23)c1. The number of fused-ring (bicyclic) bond motifs is 1. The van der Waals surface area contributed by atoms with E-state index in [9.17, 15) is 31.1 Å². The molecule has 3 N–H and O–H groups in total. The molecule has 0 aliphatic heterocycles. The van der Waals surface area contributed by atoms with Crippen LogP contribution in [0.1, 0.15) is 16.8 Å². The second kappa shape index (κ2) is 8.02. The number of nitriles is 1. The minimum absolute atomic E-state index is 0.216. The molecule has 0 aliphatic rings. The highest BCUT2D eigenvalue weighted by atomic mass is 19.4. The number of hydrazine groups is 1. The van der Waals surface area contributed by atoms with Gasteiger partial charge in [0.15, 0.2) is 0 Å². The minimum Gasteiger partial charge on any atom is -0.307 e. The molecule has 31 heavy (non-hydrogen) atoms. The number of hydrogen-bond donors (Lipinski definition) is 3. The number of para-hydroxylation sites is 1. The Morgan fingerprint density at radius 1 is 0.968 bits per heavy atom. The van der Waals surface area contributed by atoms with Crippen molar-refractivity contribution in [3.63, 3.8) is 0 Å². The number of urea groups is 1. The summed E-state index contributed by atoms with van der Waals surface area (Å²) in [6.45, 7) is 0. The van der Waals surface area contributed by atoms with Gasteiger partial charge in [0.2, 0.25) is 0 Å². The van der Waals surface area contributed by atoms with E-state index in [1.165, 1.54) is 24.3 Å². The molecule has 0 atom stereocenters. The summed E-state index contributed by atoms with van der Waals surface area (Å²) < 4.78 is 79.3. The Morgan fingerprint density at radius 3 is 2.32 bits per heavy atom. The molecule has 12 heteroatoms. The fourth-order valence-corrected chi connectivity index (χ4v) is 2.68. The number of rotatable bonds is 3. The van der Waals surface area contributed by atoms with Gasteiger partial charge >= 0.3 is 18.4 Å². The maximum atomic E-state index is 13.3. The van der Waals surface area contributed by atoms with E-state index < -0.39 is 40.8 Å². The van der Waals surface area contributed by atoms with E-state index in [1.807, 2.05) is 6.07 Å². The van der Waals surface area contributed by atoms with Crippen molar-refractivity contribution in [1.82, 2.24) is 10.4 Å². The van der Waals surface area contributed by atoms with Gasteiger partial charge < -0.3 is 5.32 Å². The third-order valence-corrected chi connectivity index (χ3v) is 4.00. The van der Waals surface area contributed by atoms with Crippen LogP contribution in [0.5, 0.6) is 0 Å². The molecule has 0 unspecified atom stereocenters. The van der Waals surface area contributed by atoms with Crippen LogP contribution in [0.3, 0.4) is 0 Å². The van der Waals surface area contributed by atoms with Gasteiger partial charge in [-0.25, -0.2) is 9.78 Å². The summed E-state index contributed by atoms with van der Waals surface area (Å²) >= 11 is 0. The summed E-state index contributed by atoms with van der Waals surface area (Å²) in [5, 5.41) is 10.9. The van der Waals surface area contributed by atoms with Crippen molar-refractivity contribution < 1.29 is 31.1 Å². The van der Waals surface area contributed by atoms with Gasteiger partial charge in [0.05, 0.1) is 28.4 Å². The fourth-order valence-electron chi connectivity index (χ4n) is 2.68. The van der Waals surface area contributed by atoms with E-state index >= 15 is 0 Å². The molecule has 2 aromatic carbocycles. The third-order valence-electron chi connectivity index (χ3n) is 4.00. The van der Waals surface area contributed by atoms with Crippen molar-refractivity contribution in [2.75, 3.05) is 10.7 Å². The van der Waals surface area contributed by atoms with Gasteiger partial charge in [0.25, 0.3) is 0 Å². The Kier molecular flexibility index (Phi) is 5.61. The molecule has 0 saturated heterocycles. The Labute approximate surface area is 170 Å². The number of nitrogens with one attached hydrogen (secondary N) is 3. The van der Waals surface area contributed by atoms with E-state index in [0.29, 0.717) is 12.1 Å². The van der Waals surface area contributed by atoms with Gasteiger partial charge in [-0.3, -0.25) is 10.9 Å². The normalized spacial score (nSPS) is 11.6. The third kappa shape index (κ3) is 4.95. The smallest absolute Gasteiger partial charge is 0.307 e. The lowest BCUT2D eigenvalue weighted by atomic mass is 10.1. The Balaban J connectivity index is 1.93. The fraction of sp³-hybridized carbons (Fsp3) is 0.105. The molecule has 0 aliphatic carbocycles. The number of anilines is 2. The molecule has 0 bridgehead atoms. The topological polar surface area (TPSA) is 89.8 Å². The zero-order valence-corrected chi connectivity index (χ0v) is 15.2. The molecular weight excluding hydrogens is 428 g/mol. The number of amides is 2. The molecule has 1 heterocycles. The molecule has 2 amide bonds. The number of halogens is 6. The van der Waals surface area contributed by atoms with Crippen LogP contribution in [-0.4, -0.2) is 11.0 Å². The van der Waals surface area contributed by atoms with Gasteiger partial charge in [0.1, 0.15) is 5.69 Å². The number of carbonyl (C=O) groups excluding carboxylic acids is 1. The van der Waals surface area contributed by atoms with Gasteiger partial charge in [-0.05, 0) is 30.3 Å². The lowest BCUT2D eigenvalue weighted by Gasteiger charge is -2.17. The van der Waals surface area contributed by atoms with Gasteiger partial charge in [0, 0.05) is 11.1 Å². The van der Waals surface area contributed by atoms with Crippen molar-refractivity contribution in [1.29, 1.82) is 5.26 Å². The van der Waals surface area contributed by atoms with E-state index in [-0.39, 0.29) is 16.6 Å². The lowest BCUT2D eigenvalue weighted by Crippen LogP contribution is -2.33. The lowest BCUT2D eigenvalue weighted by molar-refractivity contribution is -0.142. The van der Waals surface area contributed by atoms with E-state index in [0.717, 1.165) is 12.1 Å². The average molecular weight is 439 g/mol. The summed E-state index contributed by atoms with van der Waals surface area (Å²) in [5.41, 5.74) is 0.437. The van der Waals surface area contributed by atoms with E-state index in [4.69, 9.17) is 5.26 Å². The Morgan fingerprint density at radius 2 is 1.68 bits per heavy atom. The molecule has 160 valence electrons. The van der Waals surface area contributed by atoms with E-state index in [1.54, 1.807) is 0 Å². The highest BCUT2D eigenvalue weighted by Gasteiger charge is 2.37. The van der Waals surface area contributed by atoms with Gasteiger partial charge in [-0.2, -0.15) is 31.6 Å². The molecule has 3 rings (SSSR count). The second-order valence-corrected chi connectivity index (χ2v) is 6.15. The van der Waals surface area contributed by atoms with Crippen LogP contribution >= 0.6 is 0 Å². The maximum Gasteiger partial charge on any atom is 0.433 e. The zero-order chi connectivity index (χ0) is 22.8. The van der Waals surface area contributed by atoms with Crippen LogP contribution in [0.15, 0.2) is 48.5 Å². The Hall–Kier alpha value is -4.01. The van der Waals surface area contributed by atoms with Crippen molar-refractivity contribution in [3.05, 3.63) is 65.4 Å². The molecule has 0 fully saturated rings. The van der Waals surface area contributed by atoms with Crippen LogP contribution in [0.25, 0.3) is 10.9 Å². The Bertz CT molecular complexity index is 1180. The summed E-state index contributed by atoms with van der Waals surface area (Å²) in [5.74, 6) is 0. The minimum atomic E-state index is -5.02. The summed E-state index contributed by atoms with van der Waals surface area (Å²) in [6, 6.07) is 9.96. The molecular formula is C19H11F6N5O.